The van der Waals surface area contributed by atoms with Gasteiger partial charge in [0.1, 0.15) is 13.2 Å². The third-order valence-corrected chi connectivity index (χ3v) is 10.1. The predicted molar refractivity (Wildman–Crippen MR) is 207 cm³/mol. The van der Waals surface area contributed by atoms with E-state index in [-0.39, 0.29) is 42.9 Å². The van der Waals surface area contributed by atoms with E-state index in [2.05, 4.69) is 39.5 Å². The molecule has 2 atom stereocenters. The molecule has 1 amide bonds. The van der Waals surface area contributed by atoms with E-state index in [0.29, 0.717) is 26.1 Å². The number of hydrogen-bond acceptors (Lipinski definition) is 6. The van der Waals surface area contributed by atoms with Crippen LogP contribution < -0.4 is 0 Å². The number of carbonyl (C=O) groups excluding carboxylic acids is 3. The lowest BCUT2D eigenvalue weighted by Gasteiger charge is -2.25. The molecule has 0 N–H and O–H groups in total. The SMILES string of the molecule is CCCCCCCCC(CCCCCC)C(=O)OCCN(CCOC(=O)C(CCCCCC)CCCCCCCC)C(=O)CCN(C)CC. The lowest BCUT2D eigenvalue weighted by molar-refractivity contribution is -0.152. The van der Waals surface area contributed by atoms with Crippen molar-refractivity contribution in [3.05, 3.63) is 0 Å². The van der Waals surface area contributed by atoms with Crippen LogP contribution in [0, 0.1) is 11.8 Å². The van der Waals surface area contributed by atoms with Crippen LogP contribution in [-0.2, 0) is 23.9 Å². The van der Waals surface area contributed by atoms with Gasteiger partial charge in [-0.3, -0.25) is 14.4 Å². The molecule has 2 unspecified atom stereocenters. The zero-order valence-corrected chi connectivity index (χ0v) is 33.5. The normalized spacial score (nSPS) is 12.6. The number of hydrogen-bond donors (Lipinski definition) is 0. The molecule has 290 valence electrons. The van der Waals surface area contributed by atoms with E-state index in [1.807, 2.05) is 7.05 Å². The Morgan fingerprint density at radius 1 is 0.469 bits per heavy atom. The molecule has 0 spiro atoms. The van der Waals surface area contributed by atoms with Crippen LogP contribution in [0.1, 0.15) is 195 Å². The number of unbranched alkanes of at least 4 members (excludes halogenated alkanes) is 16. The highest BCUT2D eigenvalue weighted by Gasteiger charge is 2.23. The second-order valence-electron chi connectivity index (χ2n) is 14.6. The van der Waals surface area contributed by atoms with Gasteiger partial charge in [0.2, 0.25) is 5.91 Å². The molecule has 0 bridgehead atoms. The standard InChI is InChI=1S/C42H82N2O5/c1-7-12-16-20-22-26-30-38(28-24-18-14-9-3)41(46)48-36-34-44(40(45)32-33-43(6)11-5)35-37-49-42(47)39(29-25-19-15-10-4)31-27-23-21-17-13-8-2/h38-39H,7-37H2,1-6H3. The summed E-state index contributed by atoms with van der Waals surface area (Å²) >= 11 is 0. The molecule has 0 aromatic rings. The minimum Gasteiger partial charge on any atom is -0.464 e. The maximum Gasteiger partial charge on any atom is 0.308 e. The van der Waals surface area contributed by atoms with E-state index in [1.54, 1.807) is 4.90 Å². The van der Waals surface area contributed by atoms with Crippen LogP contribution in [0.2, 0.25) is 0 Å². The molecule has 0 aliphatic rings. The summed E-state index contributed by atoms with van der Waals surface area (Å²) in [5.74, 6) is -0.344. The maximum absolute atomic E-state index is 13.3. The maximum atomic E-state index is 13.3. The van der Waals surface area contributed by atoms with E-state index in [9.17, 15) is 14.4 Å². The van der Waals surface area contributed by atoms with Gasteiger partial charge < -0.3 is 19.3 Å². The first-order valence-electron chi connectivity index (χ1n) is 21.1. The summed E-state index contributed by atoms with van der Waals surface area (Å²) in [6, 6.07) is 0. The average molecular weight is 695 g/mol. The average Bonchev–Trinajstić information content (AvgIpc) is 3.10. The van der Waals surface area contributed by atoms with Crippen LogP contribution in [0.5, 0.6) is 0 Å². The third kappa shape index (κ3) is 27.7. The van der Waals surface area contributed by atoms with Crippen molar-refractivity contribution in [2.24, 2.45) is 11.8 Å². The first-order chi connectivity index (χ1) is 23.8. The summed E-state index contributed by atoms with van der Waals surface area (Å²) in [6.45, 7) is 13.5. The molecule has 0 aromatic carbocycles. The Bertz CT molecular complexity index is 726. The molecular formula is C42H82N2O5. The van der Waals surface area contributed by atoms with Crippen molar-refractivity contribution in [1.29, 1.82) is 0 Å². The molecule has 7 nitrogen and oxygen atoms in total. The molecule has 7 heteroatoms. The fourth-order valence-corrected chi connectivity index (χ4v) is 6.45. The molecule has 0 saturated heterocycles. The number of nitrogens with zero attached hydrogens (tertiary/aromatic N) is 2. The number of carbonyl (C=O) groups is 3. The second-order valence-corrected chi connectivity index (χ2v) is 14.6. The summed E-state index contributed by atoms with van der Waals surface area (Å²) in [6.07, 6.45) is 27.6. The Kier molecular flexibility index (Phi) is 33.6. The molecule has 0 heterocycles. The highest BCUT2D eigenvalue weighted by Crippen LogP contribution is 2.22. The minimum absolute atomic E-state index is 0.0128. The molecule has 49 heavy (non-hydrogen) atoms. The monoisotopic (exact) mass is 695 g/mol. The van der Waals surface area contributed by atoms with Gasteiger partial charge in [-0.1, -0.05) is 163 Å². The summed E-state index contributed by atoms with van der Waals surface area (Å²) < 4.78 is 11.7. The Morgan fingerprint density at radius 2 is 0.796 bits per heavy atom. The van der Waals surface area contributed by atoms with E-state index in [1.165, 1.54) is 89.9 Å². The molecular weight excluding hydrogens is 612 g/mol. The highest BCUT2D eigenvalue weighted by molar-refractivity contribution is 5.76. The van der Waals surface area contributed by atoms with Crippen molar-refractivity contribution in [3.63, 3.8) is 0 Å². The van der Waals surface area contributed by atoms with Crippen molar-refractivity contribution in [2.45, 2.75) is 195 Å². The van der Waals surface area contributed by atoms with Gasteiger partial charge in [0.15, 0.2) is 0 Å². The second kappa shape index (κ2) is 34.8. The van der Waals surface area contributed by atoms with Gasteiger partial charge in [-0.05, 0) is 39.3 Å². The summed E-state index contributed by atoms with van der Waals surface area (Å²) in [5.41, 5.74) is 0. The molecule has 0 fully saturated rings. The van der Waals surface area contributed by atoms with Gasteiger partial charge in [0.25, 0.3) is 0 Å². The number of amides is 1. The molecule has 0 aromatic heterocycles. The summed E-state index contributed by atoms with van der Waals surface area (Å²) in [7, 11) is 2.01. The Balaban J connectivity index is 5.18. The van der Waals surface area contributed by atoms with Crippen LogP contribution in [-0.4, -0.2) is 74.1 Å². The van der Waals surface area contributed by atoms with E-state index < -0.39 is 0 Å². The minimum atomic E-state index is -0.116. The molecule has 0 rings (SSSR count). The molecule has 0 aliphatic carbocycles. The van der Waals surface area contributed by atoms with Gasteiger partial charge in [-0.25, -0.2) is 0 Å². The highest BCUT2D eigenvalue weighted by atomic mass is 16.5. The first kappa shape index (κ1) is 47.4. The Labute approximate surface area is 304 Å². The van der Waals surface area contributed by atoms with Gasteiger partial charge in [0.05, 0.1) is 24.9 Å². The van der Waals surface area contributed by atoms with Crippen LogP contribution >= 0.6 is 0 Å². The van der Waals surface area contributed by atoms with E-state index >= 15 is 0 Å². The van der Waals surface area contributed by atoms with Gasteiger partial charge in [0, 0.05) is 13.0 Å². The number of esters is 2. The predicted octanol–water partition coefficient (Wildman–Crippen LogP) is 10.9. The zero-order valence-electron chi connectivity index (χ0n) is 33.5. The van der Waals surface area contributed by atoms with E-state index in [0.717, 1.165) is 70.8 Å². The Hall–Kier alpha value is -1.63. The van der Waals surface area contributed by atoms with Crippen molar-refractivity contribution in [1.82, 2.24) is 9.80 Å². The van der Waals surface area contributed by atoms with Crippen LogP contribution in [0.25, 0.3) is 0 Å². The first-order valence-corrected chi connectivity index (χ1v) is 21.1. The zero-order chi connectivity index (χ0) is 36.4. The molecule has 0 radical (unpaired) electrons. The van der Waals surface area contributed by atoms with Crippen molar-refractivity contribution < 1.29 is 23.9 Å². The molecule has 0 aliphatic heterocycles. The number of ether oxygens (including phenoxy) is 2. The lowest BCUT2D eigenvalue weighted by Crippen LogP contribution is -2.39. The third-order valence-electron chi connectivity index (χ3n) is 10.1. The van der Waals surface area contributed by atoms with Gasteiger partial charge in [-0.2, -0.15) is 0 Å². The quantitative estimate of drug-likeness (QED) is 0.0480. The number of rotatable bonds is 36. The van der Waals surface area contributed by atoms with Gasteiger partial charge in [-0.15, -0.1) is 0 Å². The van der Waals surface area contributed by atoms with Crippen molar-refractivity contribution in [2.75, 3.05) is 46.4 Å². The van der Waals surface area contributed by atoms with Crippen LogP contribution in [0.15, 0.2) is 0 Å². The topological polar surface area (TPSA) is 76.1 Å². The molecule has 0 saturated carbocycles. The van der Waals surface area contributed by atoms with Crippen molar-refractivity contribution >= 4 is 17.8 Å². The summed E-state index contributed by atoms with van der Waals surface area (Å²) in [4.78, 5) is 43.6. The van der Waals surface area contributed by atoms with Gasteiger partial charge >= 0.3 is 11.9 Å². The largest absolute Gasteiger partial charge is 0.464 e. The smallest absolute Gasteiger partial charge is 0.308 e. The fraction of sp³-hybridized carbons (Fsp3) is 0.929. The van der Waals surface area contributed by atoms with E-state index in [4.69, 9.17) is 9.47 Å². The van der Waals surface area contributed by atoms with Crippen LogP contribution in [0.3, 0.4) is 0 Å². The summed E-state index contributed by atoms with van der Waals surface area (Å²) in [5, 5.41) is 0. The van der Waals surface area contributed by atoms with Crippen LogP contribution in [0.4, 0.5) is 0 Å². The Morgan fingerprint density at radius 3 is 1.14 bits per heavy atom. The fourth-order valence-electron chi connectivity index (χ4n) is 6.45. The lowest BCUT2D eigenvalue weighted by atomic mass is 9.94. The van der Waals surface area contributed by atoms with Crippen molar-refractivity contribution in [3.8, 4) is 0 Å².